The Hall–Kier alpha value is -0.860. The standard InChI is InChI=1S/C9H15F3N2O3/c10-9(11,12)6-17-4-2-14-7(15)8(13)1-3-16-5-8/h1-6,13H2,(H,14,15). The van der Waals surface area contributed by atoms with Crippen molar-refractivity contribution in [1.82, 2.24) is 5.32 Å². The molecule has 100 valence electrons. The van der Waals surface area contributed by atoms with E-state index in [1.165, 1.54) is 0 Å². The summed E-state index contributed by atoms with van der Waals surface area (Å²) in [6, 6.07) is 0. The summed E-state index contributed by atoms with van der Waals surface area (Å²) < 4.78 is 44.4. The molecule has 0 aliphatic carbocycles. The first-order valence-electron chi connectivity index (χ1n) is 5.13. The van der Waals surface area contributed by atoms with Crippen LogP contribution >= 0.6 is 0 Å². The van der Waals surface area contributed by atoms with E-state index in [0.29, 0.717) is 13.0 Å². The molecule has 0 aromatic carbocycles. The number of ether oxygens (including phenoxy) is 2. The molecule has 3 N–H and O–H groups in total. The summed E-state index contributed by atoms with van der Waals surface area (Å²) >= 11 is 0. The highest BCUT2D eigenvalue weighted by molar-refractivity contribution is 5.86. The molecular formula is C9H15F3N2O3. The number of hydrogen-bond donors (Lipinski definition) is 2. The Bertz CT molecular complexity index is 265. The van der Waals surface area contributed by atoms with E-state index >= 15 is 0 Å². The molecule has 1 aliphatic heterocycles. The third-order valence-electron chi connectivity index (χ3n) is 2.30. The SMILES string of the molecule is NC1(C(=O)NCCOCC(F)(F)F)CCOC1. The minimum atomic E-state index is -4.35. The van der Waals surface area contributed by atoms with Crippen molar-refractivity contribution >= 4 is 5.91 Å². The Morgan fingerprint density at radius 2 is 2.24 bits per heavy atom. The predicted molar refractivity (Wildman–Crippen MR) is 52.2 cm³/mol. The van der Waals surface area contributed by atoms with Crippen LogP contribution in [0.3, 0.4) is 0 Å². The lowest BCUT2D eigenvalue weighted by atomic mass is 9.99. The molecule has 0 aromatic rings. The molecule has 1 atom stereocenters. The maximum atomic E-state index is 11.7. The first-order chi connectivity index (χ1) is 7.83. The van der Waals surface area contributed by atoms with Gasteiger partial charge < -0.3 is 20.5 Å². The van der Waals surface area contributed by atoms with Crippen LogP contribution in [0.4, 0.5) is 13.2 Å². The zero-order valence-corrected chi connectivity index (χ0v) is 9.18. The highest BCUT2D eigenvalue weighted by Gasteiger charge is 2.37. The topological polar surface area (TPSA) is 73.6 Å². The first-order valence-corrected chi connectivity index (χ1v) is 5.13. The average molecular weight is 256 g/mol. The van der Waals surface area contributed by atoms with Gasteiger partial charge in [-0.3, -0.25) is 4.79 Å². The summed E-state index contributed by atoms with van der Waals surface area (Å²) in [5.74, 6) is -0.425. The molecule has 17 heavy (non-hydrogen) atoms. The fraction of sp³-hybridized carbons (Fsp3) is 0.889. The maximum absolute atomic E-state index is 11.7. The quantitative estimate of drug-likeness (QED) is 0.668. The molecule has 8 heteroatoms. The van der Waals surface area contributed by atoms with Gasteiger partial charge in [-0.25, -0.2) is 0 Å². The Morgan fingerprint density at radius 3 is 2.76 bits per heavy atom. The van der Waals surface area contributed by atoms with Crippen molar-refractivity contribution in [2.24, 2.45) is 5.73 Å². The molecule has 1 fully saturated rings. The second-order valence-electron chi connectivity index (χ2n) is 3.88. The lowest BCUT2D eigenvalue weighted by Gasteiger charge is -2.20. The zero-order chi connectivity index (χ0) is 12.9. The Morgan fingerprint density at radius 1 is 1.53 bits per heavy atom. The van der Waals surface area contributed by atoms with Gasteiger partial charge in [0.25, 0.3) is 0 Å². The van der Waals surface area contributed by atoms with E-state index in [9.17, 15) is 18.0 Å². The third kappa shape index (κ3) is 4.88. The monoisotopic (exact) mass is 256 g/mol. The summed E-state index contributed by atoms with van der Waals surface area (Å²) in [7, 11) is 0. The van der Waals surface area contributed by atoms with Crippen LogP contribution in [-0.2, 0) is 14.3 Å². The lowest BCUT2D eigenvalue weighted by Crippen LogP contribution is -2.55. The molecule has 1 rings (SSSR count). The zero-order valence-electron chi connectivity index (χ0n) is 9.18. The molecule has 1 unspecified atom stereocenters. The van der Waals surface area contributed by atoms with Crippen molar-refractivity contribution in [3.63, 3.8) is 0 Å². The fourth-order valence-corrected chi connectivity index (χ4v) is 1.36. The van der Waals surface area contributed by atoms with E-state index < -0.39 is 24.2 Å². The van der Waals surface area contributed by atoms with Gasteiger partial charge in [-0.2, -0.15) is 13.2 Å². The smallest absolute Gasteiger partial charge is 0.379 e. The lowest BCUT2D eigenvalue weighted by molar-refractivity contribution is -0.173. The average Bonchev–Trinajstić information content (AvgIpc) is 2.64. The number of amides is 1. The molecule has 0 saturated carbocycles. The molecule has 1 saturated heterocycles. The van der Waals surface area contributed by atoms with Crippen LogP contribution in [0, 0.1) is 0 Å². The fourth-order valence-electron chi connectivity index (χ4n) is 1.36. The minimum absolute atomic E-state index is 0.00609. The highest BCUT2D eigenvalue weighted by Crippen LogP contribution is 2.15. The summed E-state index contributed by atoms with van der Waals surface area (Å²) in [4.78, 5) is 11.5. The molecule has 0 radical (unpaired) electrons. The molecule has 1 amide bonds. The van der Waals surface area contributed by atoms with Crippen molar-refractivity contribution in [3.05, 3.63) is 0 Å². The normalized spacial score (nSPS) is 24.9. The van der Waals surface area contributed by atoms with Crippen LogP contribution in [0.1, 0.15) is 6.42 Å². The van der Waals surface area contributed by atoms with Gasteiger partial charge in [0, 0.05) is 13.2 Å². The molecule has 5 nitrogen and oxygen atoms in total. The molecule has 0 bridgehead atoms. The van der Waals surface area contributed by atoms with E-state index in [2.05, 4.69) is 10.1 Å². The molecule has 1 aliphatic rings. The predicted octanol–water partition coefficient (Wildman–Crippen LogP) is -0.201. The van der Waals surface area contributed by atoms with Crippen LogP contribution in [-0.4, -0.2) is 50.6 Å². The third-order valence-corrected chi connectivity index (χ3v) is 2.30. The number of halogens is 3. The van der Waals surface area contributed by atoms with Gasteiger partial charge in [-0.05, 0) is 6.42 Å². The second-order valence-corrected chi connectivity index (χ2v) is 3.88. The van der Waals surface area contributed by atoms with Gasteiger partial charge in [-0.1, -0.05) is 0 Å². The molecule has 1 heterocycles. The summed E-state index contributed by atoms with van der Waals surface area (Å²) in [5, 5.41) is 2.42. The summed E-state index contributed by atoms with van der Waals surface area (Å²) in [6.07, 6.45) is -3.94. The van der Waals surface area contributed by atoms with Crippen molar-refractivity contribution in [2.75, 3.05) is 33.0 Å². The Kier molecular flexibility index (Phi) is 4.72. The van der Waals surface area contributed by atoms with Gasteiger partial charge in [0.1, 0.15) is 12.1 Å². The molecule has 0 spiro atoms. The summed E-state index contributed by atoms with van der Waals surface area (Å²) in [5.41, 5.74) is 4.66. The van der Waals surface area contributed by atoms with E-state index in [4.69, 9.17) is 10.5 Å². The van der Waals surface area contributed by atoms with E-state index in [1.807, 2.05) is 0 Å². The highest BCUT2D eigenvalue weighted by atomic mass is 19.4. The Labute approximate surface area is 96.4 Å². The minimum Gasteiger partial charge on any atom is -0.379 e. The number of hydrogen-bond acceptors (Lipinski definition) is 4. The Balaban J connectivity index is 2.12. The number of alkyl halides is 3. The second kappa shape index (κ2) is 5.65. The van der Waals surface area contributed by atoms with Crippen LogP contribution in [0.5, 0.6) is 0 Å². The van der Waals surface area contributed by atoms with E-state index in [-0.39, 0.29) is 19.8 Å². The van der Waals surface area contributed by atoms with Crippen LogP contribution in [0.15, 0.2) is 0 Å². The number of nitrogens with two attached hydrogens (primary N) is 1. The van der Waals surface area contributed by atoms with Crippen molar-refractivity contribution in [3.8, 4) is 0 Å². The largest absolute Gasteiger partial charge is 0.411 e. The summed E-state index contributed by atoms with van der Waals surface area (Å²) in [6.45, 7) is -0.994. The van der Waals surface area contributed by atoms with E-state index in [0.717, 1.165) is 0 Å². The number of carbonyl (C=O) groups is 1. The van der Waals surface area contributed by atoms with Crippen LogP contribution < -0.4 is 11.1 Å². The van der Waals surface area contributed by atoms with Crippen molar-refractivity contribution < 1.29 is 27.4 Å². The van der Waals surface area contributed by atoms with Crippen molar-refractivity contribution in [2.45, 2.75) is 18.1 Å². The maximum Gasteiger partial charge on any atom is 0.411 e. The van der Waals surface area contributed by atoms with Crippen LogP contribution in [0.2, 0.25) is 0 Å². The van der Waals surface area contributed by atoms with Crippen LogP contribution in [0.25, 0.3) is 0 Å². The number of rotatable bonds is 5. The first kappa shape index (κ1) is 14.2. The number of carbonyl (C=O) groups excluding carboxylic acids is 1. The van der Waals surface area contributed by atoms with Crippen molar-refractivity contribution in [1.29, 1.82) is 0 Å². The molecule has 0 aromatic heterocycles. The van der Waals surface area contributed by atoms with Gasteiger partial charge in [0.2, 0.25) is 5.91 Å². The van der Waals surface area contributed by atoms with Gasteiger partial charge >= 0.3 is 6.18 Å². The van der Waals surface area contributed by atoms with Gasteiger partial charge in [-0.15, -0.1) is 0 Å². The molecular weight excluding hydrogens is 241 g/mol. The van der Waals surface area contributed by atoms with Gasteiger partial charge in [0.05, 0.1) is 13.2 Å². The number of nitrogens with one attached hydrogen (secondary N) is 1. The van der Waals surface area contributed by atoms with E-state index in [1.54, 1.807) is 0 Å². The van der Waals surface area contributed by atoms with Gasteiger partial charge in [0.15, 0.2) is 0 Å².